The van der Waals surface area contributed by atoms with E-state index in [1.807, 2.05) is 0 Å². The van der Waals surface area contributed by atoms with Crippen LogP contribution in [0.3, 0.4) is 0 Å². The minimum absolute atomic E-state index is 0.166. The summed E-state index contributed by atoms with van der Waals surface area (Å²) >= 11 is 0. The third-order valence-corrected chi connectivity index (χ3v) is 1.90. The van der Waals surface area contributed by atoms with Crippen LogP contribution in [0.5, 0.6) is 0 Å². The zero-order chi connectivity index (χ0) is 16.3. The molecule has 21 heavy (non-hydrogen) atoms. The average Bonchev–Trinajstić information content (AvgIpc) is 2.42. The van der Waals surface area contributed by atoms with Gasteiger partial charge in [-0.2, -0.15) is 0 Å². The molecule has 122 valence electrons. The minimum atomic E-state index is -0.976. The first-order valence-corrected chi connectivity index (χ1v) is 6.26. The smallest absolute Gasteiger partial charge is 0.438 e. The summed E-state index contributed by atoms with van der Waals surface area (Å²) in [7, 11) is 1.16. The summed E-state index contributed by atoms with van der Waals surface area (Å²) in [5.74, 6) is 0. The van der Waals surface area contributed by atoms with Crippen LogP contribution in [0.2, 0.25) is 0 Å². The van der Waals surface area contributed by atoms with Crippen LogP contribution in [0.15, 0.2) is 0 Å². The molecule has 0 aliphatic rings. The van der Waals surface area contributed by atoms with Gasteiger partial charge in [-0.15, -0.1) is 0 Å². The summed E-state index contributed by atoms with van der Waals surface area (Å²) in [5.41, 5.74) is 0. The molecule has 0 aromatic heterocycles. The van der Waals surface area contributed by atoms with Gasteiger partial charge in [0.25, 0.3) is 0 Å². The number of methoxy groups -OCH3 is 1. The third-order valence-electron chi connectivity index (χ3n) is 1.90. The molecule has 0 N–H and O–H groups in total. The molecule has 0 aliphatic carbocycles. The van der Waals surface area contributed by atoms with Crippen molar-refractivity contribution in [2.75, 3.05) is 26.9 Å². The number of hydrogen-bond donors (Lipinski definition) is 0. The van der Waals surface area contributed by atoms with Crippen molar-refractivity contribution in [2.45, 2.75) is 33.0 Å². The van der Waals surface area contributed by atoms with Crippen molar-refractivity contribution >= 4 is 18.5 Å². The first-order chi connectivity index (χ1) is 9.88. The molecule has 0 aromatic rings. The Morgan fingerprint density at radius 2 is 1.29 bits per heavy atom. The third kappa shape index (κ3) is 10.3. The van der Waals surface area contributed by atoms with Gasteiger partial charge in [0.2, 0.25) is 0 Å². The molecule has 0 amide bonds. The lowest BCUT2D eigenvalue weighted by molar-refractivity contribution is -0.0349. The van der Waals surface area contributed by atoms with Crippen molar-refractivity contribution in [3.05, 3.63) is 0 Å². The largest absolute Gasteiger partial charge is 0.509 e. The summed E-state index contributed by atoms with van der Waals surface area (Å²) in [6.07, 6.45) is -4.13. The predicted molar refractivity (Wildman–Crippen MR) is 67.8 cm³/mol. The lowest BCUT2D eigenvalue weighted by atomic mass is 10.4. The van der Waals surface area contributed by atoms with Gasteiger partial charge in [-0.25, -0.2) is 14.4 Å². The second kappa shape index (κ2) is 10.6. The second-order valence-electron chi connectivity index (χ2n) is 3.87. The van der Waals surface area contributed by atoms with Gasteiger partial charge in [-0.1, -0.05) is 0 Å². The molecule has 0 aliphatic heterocycles. The van der Waals surface area contributed by atoms with Crippen LogP contribution < -0.4 is 0 Å². The Kier molecular flexibility index (Phi) is 9.48. The number of rotatable bonds is 7. The molecule has 0 spiro atoms. The van der Waals surface area contributed by atoms with Gasteiger partial charge in [0, 0.05) is 0 Å². The quantitative estimate of drug-likeness (QED) is 0.514. The van der Waals surface area contributed by atoms with Gasteiger partial charge in [0.15, 0.2) is 0 Å². The fourth-order valence-corrected chi connectivity index (χ4v) is 1.01. The summed E-state index contributed by atoms with van der Waals surface area (Å²) < 4.78 is 27.7. The van der Waals surface area contributed by atoms with E-state index in [0.29, 0.717) is 0 Å². The molecule has 9 heteroatoms. The molecule has 0 aromatic carbocycles. The maximum atomic E-state index is 11.4. The minimum Gasteiger partial charge on any atom is -0.438 e. The Morgan fingerprint density at radius 3 is 1.71 bits per heavy atom. The topological polar surface area (TPSA) is 107 Å². The normalized spacial score (nSPS) is 12.6. The molecule has 0 rings (SSSR count). The van der Waals surface area contributed by atoms with Crippen LogP contribution >= 0.6 is 0 Å². The lowest BCUT2D eigenvalue weighted by Gasteiger charge is -2.16. The first-order valence-electron chi connectivity index (χ1n) is 6.26. The Balaban J connectivity index is 3.86. The summed E-state index contributed by atoms with van der Waals surface area (Å²) in [6, 6.07) is 0. The van der Waals surface area contributed by atoms with E-state index in [1.165, 1.54) is 13.8 Å². The maximum absolute atomic E-state index is 11.4. The second-order valence-corrected chi connectivity index (χ2v) is 3.87. The maximum Gasteiger partial charge on any atom is 0.509 e. The molecule has 0 bridgehead atoms. The van der Waals surface area contributed by atoms with Crippen LogP contribution in [0.25, 0.3) is 0 Å². The van der Waals surface area contributed by atoms with E-state index in [0.717, 1.165) is 7.11 Å². The fraction of sp³-hybridized carbons (Fsp3) is 0.750. The zero-order valence-corrected chi connectivity index (χ0v) is 12.5. The van der Waals surface area contributed by atoms with Gasteiger partial charge in [0.1, 0.15) is 25.4 Å². The zero-order valence-electron chi connectivity index (χ0n) is 12.5. The van der Waals surface area contributed by atoms with Crippen molar-refractivity contribution in [2.24, 2.45) is 0 Å². The molecule has 0 saturated carbocycles. The van der Waals surface area contributed by atoms with Crippen LogP contribution in [-0.2, 0) is 28.4 Å². The van der Waals surface area contributed by atoms with Gasteiger partial charge in [-0.3, -0.25) is 0 Å². The molecule has 2 unspecified atom stereocenters. The van der Waals surface area contributed by atoms with E-state index in [-0.39, 0.29) is 19.8 Å². The monoisotopic (exact) mass is 308 g/mol. The Hall–Kier alpha value is -2.19. The van der Waals surface area contributed by atoms with E-state index >= 15 is 0 Å². The summed E-state index contributed by atoms with van der Waals surface area (Å²) in [6.45, 7) is 4.50. The number of carbonyl (C=O) groups excluding carboxylic acids is 3. The van der Waals surface area contributed by atoms with Gasteiger partial charge in [0.05, 0.1) is 13.7 Å². The van der Waals surface area contributed by atoms with Gasteiger partial charge >= 0.3 is 18.5 Å². The molecular formula is C12H20O9. The predicted octanol–water partition coefficient (Wildman–Crippen LogP) is 1.87. The molecular weight excluding hydrogens is 288 g/mol. The van der Waals surface area contributed by atoms with Crippen molar-refractivity contribution in [1.82, 2.24) is 0 Å². The van der Waals surface area contributed by atoms with Crippen molar-refractivity contribution in [3.63, 3.8) is 0 Å². The highest BCUT2D eigenvalue weighted by Crippen LogP contribution is 2.01. The molecule has 0 heterocycles. The Labute approximate surface area is 122 Å². The Morgan fingerprint density at radius 1 is 0.810 bits per heavy atom. The summed E-state index contributed by atoms with van der Waals surface area (Å²) in [4.78, 5) is 33.0. The van der Waals surface area contributed by atoms with Crippen LogP contribution in [-0.4, -0.2) is 57.6 Å². The SMILES string of the molecule is CCOC(=O)OCC(C)OC(=O)OC(C)COC(=O)OC. The van der Waals surface area contributed by atoms with Crippen LogP contribution in [0, 0.1) is 0 Å². The number of carbonyl (C=O) groups is 3. The van der Waals surface area contributed by atoms with Crippen molar-refractivity contribution in [1.29, 1.82) is 0 Å². The van der Waals surface area contributed by atoms with E-state index < -0.39 is 30.7 Å². The molecule has 0 fully saturated rings. The van der Waals surface area contributed by atoms with E-state index in [2.05, 4.69) is 18.9 Å². The molecule has 2 atom stereocenters. The first kappa shape index (κ1) is 18.8. The fourth-order valence-electron chi connectivity index (χ4n) is 1.01. The van der Waals surface area contributed by atoms with E-state index in [4.69, 9.17) is 9.47 Å². The highest BCUT2D eigenvalue weighted by atomic mass is 16.8. The van der Waals surface area contributed by atoms with Gasteiger partial charge in [-0.05, 0) is 20.8 Å². The number of hydrogen-bond acceptors (Lipinski definition) is 9. The molecule has 9 nitrogen and oxygen atoms in total. The summed E-state index contributed by atoms with van der Waals surface area (Å²) in [5, 5.41) is 0. The molecule has 0 radical (unpaired) electrons. The van der Waals surface area contributed by atoms with E-state index in [1.54, 1.807) is 6.92 Å². The van der Waals surface area contributed by atoms with Crippen LogP contribution in [0.1, 0.15) is 20.8 Å². The molecule has 0 saturated heterocycles. The lowest BCUT2D eigenvalue weighted by Crippen LogP contribution is -2.27. The highest BCUT2D eigenvalue weighted by molar-refractivity contribution is 5.61. The average molecular weight is 308 g/mol. The van der Waals surface area contributed by atoms with E-state index in [9.17, 15) is 14.4 Å². The van der Waals surface area contributed by atoms with Gasteiger partial charge < -0.3 is 28.4 Å². The number of ether oxygens (including phenoxy) is 6. The highest BCUT2D eigenvalue weighted by Gasteiger charge is 2.17. The standard InChI is InChI=1S/C12H20O9/c1-5-17-11(14)19-7-9(3)21-12(15)20-8(2)6-18-10(13)16-4/h8-9H,5-7H2,1-4H3. The van der Waals surface area contributed by atoms with Crippen molar-refractivity contribution in [3.8, 4) is 0 Å². The van der Waals surface area contributed by atoms with Crippen LogP contribution in [0.4, 0.5) is 14.4 Å². The Bertz CT molecular complexity index is 342. The van der Waals surface area contributed by atoms with Crippen molar-refractivity contribution < 1.29 is 42.8 Å².